The van der Waals surface area contributed by atoms with Crippen molar-refractivity contribution in [1.82, 2.24) is 0 Å². The van der Waals surface area contributed by atoms with E-state index in [1.165, 1.54) is 24.9 Å². The highest BCUT2D eigenvalue weighted by Gasteiger charge is 2.14. The molecule has 1 aromatic rings. The fraction of sp³-hybridized carbons (Fsp3) is 0.333. The zero-order valence-corrected chi connectivity index (χ0v) is 10.2. The molecule has 0 amide bonds. The SMILES string of the molecule is CCSc1ccc(OC)cc1S(N)(=O)=O. The van der Waals surface area contributed by atoms with E-state index in [0.29, 0.717) is 10.6 Å². The number of sulfonamides is 1. The number of nitrogens with two attached hydrogens (primary N) is 1. The van der Waals surface area contributed by atoms with E-state index >= 15 is 0 Å². The molecule has 0 atom stereocenters. The van der Waals surface area contributed by atoms with Crippen LogP contribution in [0.5, 0.6) is 5.75 Å². The zero-order chi connectivity index (χ0) is 11.5. The van der Waals surface area contributed by atoms with Crippen LogP contribution in [0.2, 0.25) is 0 Å². The van der Waals surface area contributed by atoms with Crippen molar-refractivity contribution < 1.29 is 13.2 Å². The van der Waals surface area contributed by atoms with Gasteiger partial charge in [0.05, 0.1) is 12.0 Å². The summed E-state index contributed by atoms with van der Waals surface area (Å²) in [5.41, 5.74) is 0. The van der Waals surface area contributed by atoms with Crippen LogP contribution in [-0.4, -0.2) is 21.3 Å². The topological polar surface area (TPSA) is 69.4 Å². The van der Waals surface area contributed by atoms with Gasteiger partial charge in [-0.15, -0.1) is 11.8 Å². The van der Waals surface area contributed by atoms with Gasteiger partial charge in [0.25, 0.3) is 0 Å². The van der Waals surface area contributed by atoms with Crippen molar-refractivity contribution in [2.45, 2.75) is 16.7 Å². The van der Waals surface area contributed by atoms with Crippen LogP contribution >= 0.6 is 11.8 Å². The number of benzene rings is 1. The van der Waals surface area contributed by atoms with Crippen LogP contribution < -0.4 is 9.88 Å². The predicted octanol–water partition coefficient (Wildman–Crippen LogP) is 1.45. The standard InChI is InChI=1S/C9H13NO3S2/c1-3-14-8-5-4-7(13-2)6-9(8)15(10,11)12/h4-6H,3H2,1-2H3,(H2,10,11,12). The molecule has 84 valence electrons. The normalized spacial score (nSPS) is 11.4. The smallest absolute Gasteiger partial charge is 0.239 e. The Hall–Kier alpha value is -0.720. The van der Waals surface area contributed by atoms with Crippen molar-refractivity contribution >= 4 is 21.8 Å². The summed E-state index contributed by atoms with van der Waals surface area (Å²) in [5.74, 6) is 1.27. The van der Waals surface area contributed by atoms with Gasteiger partial charge in [0.1, 0.15) is 5.75 Å². The molecule has 0 aliphatic carbocycles. The molecule has 0 aliphatic rings. The van der Waals surface area contributed by atoms with Crippen molar-refractivity contribution in [3.05, 3.63) is 18.2 Å². The highest BCUT2D eigenvalue weighted by Crippen LogP contribution is 2.29. The van der Waals surface area contributed by atoms with Crippen molar-refractivity contribution in [3.63, 3.8) is 0 Å². The van der Waals surface area contributed by atoms with Gasteiger partial charge in [-0.3, -0.25) is 0 Å². The van der Waals surface area contributed by atoms with E-state index < -0.39 is 10.0 Å². The lowest BCUT2D eigenvalue weighted by molar-refractivity contribution is 0.413. The monoisotopic (exact) mass is 247 g/mol. The number of hydrogen-bond donors (Lipinski definition) is 1. The molecule has 0 aliphatic heterocycles. The summed E-state index contributed by atoms with van der Waals surface area (Å²) in [6.45, 7) is 1.95. The molecule has 4 nitrogen and oxygen atoms in total. The molecule has 0 aromatic heterocycles. The average molecular weight is 247 g/mol. The molecule has 1 rings (SSSR count). The number of primary sulfonamides is 1. The first-order chi connectivity index (χ1) is 6.99. The van der Waals surface area contributed by atoms with Gasteiger partial charge in [-0.1, -0.05) is 6.92 Å². The molecule has 0 heterocycles. The van der Waals surface area contributed by atoms with Gasteiger partial charge in [-0.25, -0.2) is 13.6 Å². The molecule has 0 fully saturated rings. The van der Waals surface area contributed by atoms with Gasteiger partial charge in [-0.2, -0.15) is 0 Å². The van der Waals surface area contributed by atoms with Gasteiger partial charge < -0.3 is 4.74 Å². The Morgan fingerprint density at radius 3 is 2.60 bits per heavy atom. The van der Waals surface area contributed by atoms with Crippen LogP contribution in [-0.2, 0) is 10.0 Å². The lowest BCUT2D eigenvalue weighted by atomic mass is 10.3. The van der Waals surface area contributed by atoms with E-state index in [9.17, 15) is 8.42 Å². The Kier molecular flexibility index (Phi) is 4.01. The number of ether oxygens (including phenoxy) is 1. The third-order valence-electron chi connectivity index (χ3n) is 1.76. The largest absolute Gasteiger partial charge is 0.497 e. The maximum atomic E-state index is 11.3. The fourth-order valence-corrected chi connectivity index (χ4v) is 2.94. The summed E-state index contributed by atoms with van der Waals surface area (Å²) < 4.78 is 27.6. The maximum Gasteiger partial charge on any atom is 0.239 e. The van der Waals surface area contributed by atoms with Gasteiger partial charge in [0, 0.05) is 11.0 Å². The lowest BCUT2D eigenvalue weighted by Gasteiger charge is -2.08. The van der Waals surface area contributed by atoms with Crippen LogP contribution in [0.15, 0.2) is 28.0 Å². The van der Waals surface area contributed by atoms with E-state index in [4.69, 9.17) is 9.88 Å². The number of thioether (sulfide) groups is 1. The van der Waals surface area contributed by atoms with E-state index in [-0.39, 0.29) is 4.90 Å². The second kappa shape index (κ2) is 4.87. The first-order valence-electron chi connectivity index (χ1n) is 4.32. The minimum Gasteiger partial charge on any atom is -0.497 e. The van der Waals surface area contributed by atoms with Crippen LogP contribution in [0.3, 0.4) is 0 Å². The van der Waals surface area contributed by atoms with Gasteiger partial charge in [0.2, 0.25) is 10.0 Å². The van der Waals surface area contributed by atoms with E-state index in [0.717, 1.165) is 5.75 Å². The Morgan fingerprint density at radius 1 is 1.47 bits per heavy atom. The lowest BCUT2D eigenvalue weighted by Crippen LogP contribution is -2.13. The summed E-state index contributed by atoms with van der Waals surface area (Å²) in [7, 11) is -2.21. The summed E-state index contributed by atoms with van der Waals surface area (Å²) in [5, 5.41) is 5.11. The molecule has 2 N–H and O–H groups in total. The Balaban J connectivity index is 3.29. The van der Waals surface area contributed by atoms with Gasteiger partial charge in [0.15, 0.2) is 0 Å². The van der Waals surface area contributed by atoms with E-state index in [2.05, 4.69) is 0 Å². The number of rotatable bonds is 4. The Labute approximate surface area is 93.9 Å². The first-order valence-corrected chi connectivity index (χ1v) is 6.86. The highest BCUT2D eigenvalue weighted by molar-refractivity contribution is 8.00. The summed E-state index contributed by atoms with van der Waals surface area (Å²) in [6, 6.07) is 4.85. The fourth-order valence-electron chi connectivity index (χ4n) is 1.11. The van der Waals surface area contributed by atoms with Crippen LogP contribution in [0.1, 0.15) is 6.92 Å². The third kappa shape index (κ3) is 3.12. The van der Waals surface area contributed by atoms with Crippen LogP contribution in [0.4, 0.5) is 0 Å². The summed E-state index contributed by atoms with van der Waals surface area (Å²) >= 11 is 1.43. The van der Waals surface area contributed by atoms with Crippen molar-refractivity contribution in [2.75, 3.05) is 12.9 Å². The summed E-state index contributed by atoms with van der Waals surface area (Å²) in [6.07, 6.45) is 0. The average Bonchev–Trinajstić information content (AvgIpc) is 2.17. The summed E-state index contributed by atoms with van der Waals surface area (Å²) in [4.78, 5) is 0.773. The highest BCUT2D eigenvalue weighted by atomic mass is 32.2. The molecule has 0 saturated carbocycles. The van der Waals surface area contributed by atoms with E-state index in [1.807, 2.05) is 6.92 Å². The Bertz CT molecular complexity index is 443. The molecule has 1 aromatic carbocycles. The third-order valence-corrected chi connectivity index (χ3v) is 3.79. The molecular formula is C9H13NO3S2. The molecule has 15 heavy (non-hydrogen) atoms. The van der Waals surface area contributed by atoms with Crippen molar-refractivity contribution in [2.24, 2.45) is 5.14 Å². The molecular weight excluding hydrogens is 234 g/mol. The minimum absolute atomic E-state index is 0.119. The minimum atomic E-state index is -3.69. The molecule has 0 saturated heterocycles. The molecule has 0 spiro atoms. The maximum absolute atomic E-state index is 11.3. The van der Waals surface area contributed by atoms with Gasteiger partial charge in [-0.05, 0) is 17.9 Å². The molecule has 0 unspecified atom stereocenters. The second-order valence-corrected chi connectivity index (χ2v) is 5.63. The zero-order valence-electron chi connectivity index (χ0n) is 8.56. The molecule has 0 radical (unpaired) electrons. The first kappa shape index (κ1) is 12.4. The Morgan fingerprint density at radius 2 is 2.13 bits per heavy atom. The quantitative estimate of drug-likeness (QED) is 0.818. The number of methoxy groups -OCH3 is 1. The van der Waals surface area contributed by atoms with Gasteiger partial charge >= 0.3 is 0 Å². The number of hydrogen-bond acceptors (Lipinski definition) is 4. The molecule has 0 bridgehead atoms. The molecule has 6 heteroatoms. The van der Waals surface area contributed by atoms with Crippen LogP contribution in [0.25, 0.3) is 0 Å². The van der Waals surface area contributed by atoms with Crippen molar-refractivity contribution in [1.29, 1.82) is 0 Å². The van der Waals surface area contributed by atoms with Crippen LogP contribution in [0, 0.1) is 0 Å². The van der Waals surface area contributed by atoms with E-state index in [1.54, 1.807) is 12.1 Å². The second-order valence-electron chi connectivity index (χ2n) is 2.79. The predicted molar refractivity (Wildman–Crippen MR) is 60.8 cm³/mol. The van der Waals surface area contributed by atoms with Crippen molar-refractivity contribution in [3.8, 4) is 5.75 Å².